The molecule has 1 aromatic carbocycles. The van der Waals surface area contributed by atoms with Gasteiger partial charge in [0.25, 0.3) is 0 Å². The molecular formula is C29H46N4O5. The SMILES string of the molecule is CCCCN(CCCCN)C(=O)CN1C[C@H](c2ccc3c(c2)CCO3)C(C(=O)O)[C@@H]1CCN(CC)C(C)=O. The summed E-state index contributed by atoms with van der Waals surface area (Å²) in [5.41, 5.74) is 7.76. The molecule has 1 saturated heterocycles. The quantitative estimate of drug-likeness (QED) is 0.335. The number of amides is 2. The third-order valence-electron chi connectivity index (χ3n) is 8.05. The van der Waals surface area contributed by atoms with Crippen molar-refractivity contribution < 1.29 is 24.2 Å². The van der Waals surface area contributed by atoms with Gasteiger partial charge in [-0.15, -0.1) is 0 Å². The van der Waals surface area contributed by atoms with Gasteiger partial charge in [-0.1, -0.05) is 25.5 Å². The molecule has 3 N–H and O–H groups in total. The maximum atomic E-state index is 13.5. The number of carbonyl (C=O) groups is 3. The van der Waals surface area contributed by atoms with Crippen molar-refractivity contribution in [3.63, 3.8) is 0 Å². The number of ether oxygens (including phenoxy) is 1. The number of unbranched alkanes of at least 4 members (excludes halogenated alkanes) is 2. The highest BCUT2D eigenvalue weighted by molar-refractivity contribution is 5.79. The number of rotatable bonds is 15. The summed E-state index contributed by atoms with van der Waals surface area (Å²) in [5, 5.41) is 10.4. The first-order valence-corrected chi connectivity index (χ1v) is 14.3. The summed E-state index contributed by atoms with van der Waals surface area (Å²) in [6, 6.07) is 5.65. The van der Waals surface area contributed by atoms with Crippen LogP contribution in [0, 0.1) is 5.92 Å². The zero-order valence-corrected chi connectivity index (χ0v) is 23.4. The fourth-order valence-electron chi connectivity index (χ4n) is 5.88. The molecule has 0 saturated carbocycles. The Morgan fingerprint density at radius 1 is 1.11 bits per heavy atom. The molecule has 3 atom stereocenters. The van der Waals surface area contributed by atoms with Crippen LogP contribution in [-0.2, 0) is 20.8 Å². The van der Waals surface area contributed by atoms with Crippen molar-refractivity contribution in [2.75, 3.05) is 52.4 Å². The van der Waals surface area contributed by atoms with Gasteiger partial charge in [-0.25, -0.2) is 0 Å². The summed E-state index contributed by atoms with van der Waals surface area (Å²) in [6.45, 7) is 9.88. The predicted octanol–water partition coefficient (Wildman–Crippen LogP) is 2.72. The Bertz CT molecular complexity index is 955. The predicted molar refractivity (Wildman–Crippen MR) is 147 cm³/mol. The first-order valence-electron chi connectivity index (χ1n) is 14.3. The van der Waals surface area contributed by atoms with Crippen molar-refractivity contribution >= 4 is 17.8 Å². The summed E-state index contributed by atoms with van der Waals surface area (Å²) < 4.78 is 5.66. The van der Waals surface area contributed by atoms with Crippen LogP contribution in [0.2, 0.25) is 0 Å². The number of fused-ring (bicyclic) bond motifs is 1. The molecule has 2 heterocycles. The highest BCUT2D eigenvalue weighted by Crippen LogP contribution is 2.41. The van der Waals surface area contributed by atoms with Gasteiger partial charge in [-0.3, -0.25) is 19.3 Å². The molecule has 0 radical (unpaired) electrons. The molecular weight excluding hydrogens is 484 g/mol. The van der Waals surface area contributed by atoms with E-state index < -0.39 is 11.9 Å². The second kappa shape index (κ2) is 14.5. The van der Waals surface area contributed by atoms with Crippen LogP contribution in [0.3, 0.4) is 0 Å². The molecule has 38 heavy (non-hydrogen) atoms. The lowest BCUT2D eigenvalue weighted by atomic mass is 9.83. The smallest absolute Gasteiger partial charge is 0.308 e. The molecule has 1 aromatic rings. The molecule has 0 bridgehead atoms. The Morgan fingerprint density at radius 2 is 1.87 bits per heavy atom. The van der Waals surface area contributed by atoms with E-state index in [0.29, 0.717) is 52.3 Å². The molecule has 9 nitrogen and oxygen atoms in total. The Kier molecular flexibility index (Phi) is 11.4. The van der Waals surface area contributed by atoms with Crippen LogP contribution >= 0.6 is 0 Å². The summed E-state index contributed by atoms with van der Waals surface area (Å²) in [6.07, 6.45) is 4.97. The van der Waals surface area contributed by atoms with E-state index in [1.165, 1.54) is 6.92 Å². The molecule has 0 aliphatic carbocycles. The van der Waals surface area contributed by atoms with E-state index in [9.17, 15) is 19.5 Å². The number of likely N-dealkylation sites (tertiary alicyclic amines) is 1. The molecule has 1 unspecified atom stereocenters. The zero-order chi connectivity index (χ0) is 27.7. The minimum Gasteiger partial charge on any atom is -0.493 e. The van der Waals surface area contributed by atoms with E-state index in [1.807, 2.05) is 24.0 Å². The normalized spacial score (nSPS) is 20.7. The fraction of sp³-hybridized carbons (Fsp3) is 0.690. The van der Waals surface area contributed by atoms with E-state index in [-0.39, 0.29) is 30.3 Å². The van der Waals surface area contributed by atoms with Crippen LogP contribution in [0.1, 0.15) is 69.9 Å². The monoisotopic (exact) mass is 530 g/mol. The van der Waals surface area contributed by atoms with Crippen LogP contribution in [0.15, 0.2) is 18.2 Å². The van der Waals surface area contributed by atoms with Crippen LogP contribution in [0.25, 0.3) is 0 Å². The molecule has 0 aromatic heterocycles. The summed E-state index contributed by atoms with van der Waals surface area (Å²) in [7, 11) is 0. The zero-order valence-electron chi connectivity index (χ0n) is 23.4. The Morgan fingerprint density at radius 3 is 2.53 bits per heavy atom. The van der Waals surface area contributed by atoms with Crippen LogP contribution in [-0.4, -0.2) is 96.1 Å². The third-order valence-corrected chi connectivity index (χ3v) is 8.05. The van der Waals surface area contributed by atoms with Gasteiger partial charge in [0.05, 0.1) is 19.1 Å². The van der Waals surface area contributed by atoms with Gasteiger partial charge >= 0.3 is 5.97 Å². The maximum absolute atomic E-state index is 13.5. The molecule has 2 amide bonds. The second-order valence-electron chi connectivity index (χ2n) is 10.6. The number of aliphatic carboxylic acids is 1. The van der Waals surface area contributed by atoms with E-state index >= 15 is 0 Å². The lowest BCUT2D eigenvalue weighted by molar-refractivity contribution is -0.144. The molecule has 212 valence electrons. The van der Waals surface area contributed by atoms with Gasteiger partial charge in [0.2, 0.25) is 11.8 Å². The minimum absolute atomic E-state index is 0.0270. The first-order chi connectivity index (χ1) is 18.3. The molecule has 9 heteroatoms. The number of carboxylic acid groups (broad SMARTS) is 1. The van der Waals surface area contributed by atoms with E-state index in [4.69, 9.17) is 10.5 Å². The molecule has 2 aliphatic heterocycles. The van der Waals surface area contributed by atoms with Gasteiger partial charge in [0.1, 0.15) is 5.75 Å². The summed E-state index contributed by atoms with van der Waals surface area (Å²) >= 11 is 0. The van der Waals surface area contributed by atoms with Gasteiger partial charge < -0.3 is 25.4 Å². The minimum atomic E-state index is -0.858. The number of benzene rings is 1. The molecule has 2 aliphatic rings. The number of nitrogens with two attached hydrogens (primary N) is 1. The molecule has 1 fully saturated rings. The third kappa shape index (κ3) is 7.47. The highest BCUT2D eigenvalue weighted by atomic mass is 16.5. The van der Waals surface area contributed by atoms with Crippen molar-refractivity contribution in [1.82, 2.24) is 14.7 Å². The van der Waals surface area contributed by atoms with Crippen molar-refractivity contribution in [3.05, 3.63) is 29.3 Å². The average molecular weight is 531 g/mol. The number of nitrogens with zero attached hydrogens (tertiary/aromatic N) is 3. The van der Waals surface area contributed by atoms with Crippen molar-refractivity contribution in [3.8, 4) is 5.75 Å². The van der Waals surface area contributed by atoms with Crippen molar-refractivity contribution in [2.24, 2.45) is 11.7 Å². The fourth-order valence-corrected chi connectivity index (χ4v) is 5.88. The number of carbonyl (C=O) groups excluding carboxylic acids is 2. The standard InChI is InChI=1S/C29H46N4O5/c1-4-6-14-32(15-8-7-13-30)27(35)20-33-19-24(22-9-10-26-23(18-22)12-17-38-26)28(29(36)37)25(33)11-16-31(5-2)21(3)34/h9-10,18,24-25,28H,4-8,11-17,19-20,30H2,1-3H3,(H,36,37)/t24-,25+,28?/m1/s1. The van der Waals surface area contributed by atoms with E-state index in [2.05, 4.69) is 17.9 Å². The Balaban J connectivity index is 1.86. The largest absolute Gasteiger partial charge is 0.493 e. The van der Waals surface area contributed by atoms with Gasteiger partial charge in [0, 0.05) is 58.0 Å². The van der Waals surface area contributed by atoms with Gasteiger partial charge in [-0.05, 0) is 56.3 Å². The molecule has 3 rings (SSSR count). The van der Waals surface area contributed by atoms with E-state index in [1.54, 1.807) is 4.90 Å². The van der Waals surface area contributed by atoms with Crippen LogP contribution in [0.4, 0.5) is 0 Å². The summed E-state index contributed by atoms with van der Waals surface area (Å²) in [5.74, 6) is -0.901. The lowest BCUT2D eigenvalue weighted by Crippen LogP contribution is -2.46. The number of hydrogen-bond acceptors (Lipinski definition) is 6. The van der Waals surface area contributed by atoms with Gasteiger partial charge in [-0.2, -0.15) is 0 Å². The van der Waals surface area contributed by atoms with Crippen molar-refractivity contribution in [1.29, 1.82) is 0 Å². The molecule has 0 spiro atoms. The second-order valence-corrected chi connectivity index (χ2v) is 10.6. The topological polar surface area (TPSA) is 116 Å². The number of carboxylic acids is 1. The highest BCUT2D eigenvalue weighted by Gasteiger charge is 2.47. The average Bonchev–Trinajstić information content (AvgIpc) is 3.50. The van der Waals surface area contributed by atoms with Gasteiger partial charge in [0.15, 0.2) is 0 Å². The number of hydrogen-bond donors (Lipinski definition) is 2. The Hall–Kier alpha value is -2.65. The Labute approximate surface area is 227 Å². The maximum Gasteiger partial charge on any atom is 0.308 e. The van der Waals surface area contributed by atoms with E-state index in [0.717, 1.165) is 49.0 Å². The lowest BCUT2D eigenvalue weighted by Gasteiger charge is -2.31. The first kappa shape index (κ1) is 29.9. The summed E-state index contributed by atoms with van der Waals surface area (Å²) in [4.78, 5) is 44.1. The van der Waals surface area contributed by atoms with Crippen molar-refractivity contribution in [2.45, 2.75) is 71.3 Å². The van der Waals surface area contributed by atoms with Crippen LogP contribution < -0.4 is 10.5 Å². The van der Waals surface area contributed by atoms with Crippen LogP contribution in [0.5, 0.6) is 5.75 Å².